The molecule has 2 aromatic carbocycles. The fourth-order valence-electron chi connectivity index (χ4n) is 3.27. The Morgan fingerprint density at radius 1 is 1.12 bits per heavy atom. The summed E-state index contributed by atoms with van der Waals surface area (Å²) in [4.78, 5) is 12.3. The first-order valence-corrected chi connectivity index (χ1v) is 8.29. The van der Waals surface area contributed by atoms with Crippen LogP contribution in [0.15, 0.2) is 42.5 Å². The molecule has 0 fully saturated rings. The zero-order chi connectivity index (χ0) is 16.9. The van der Waals surface area contributed by atoms with E-state index in [-0.39, 0.29) is 11.9 Å². The first-order valence-electron chi connectivity index (χ1n) is 8.29. The third-order valence-corrected chi connectivity index (χ3v) is 4.56. The van der Waals surface area contributed by atoms with Crippen LogP contribution >= 0.6 is 0 Å². The summed E-state index contributed by atoms with van der Waals surface area (Å²) in [5.74, 6) is 1.49. The molecule has 1 aliphatic carbocycles. The van der Waals surface area contributed by atoms with Gasteiger partial charge in [0.1, 0.15) is 0 Å². The summed E-state index contributed by atoms with van der Waals surface area (Å²) in [5.41, 5.74) is 3.68. The van der Waals surface area contributed by atoms with Gasteiger partial charge in [0.15, 0.2) is 11.5 Å². The van der Waals surface area contributed by atoms with Crippen molar-refractivity contribution in [2.45, 2.75) is 31.7 Å². The van der Waals surface area contributed by atoms with Gasteiger partial charge < -0.3 is 14.8 Å². The second kappa shape index (κ2) is 7.39. The Labute approximate surface area is 142 Å². The smallest absolute Gasteiger partial charge is 0.220 e. The number of ether oxygens (including phenoxy) is 2. The molecule has 1 N–H and O–H groups in total. The van der Waals surface area contributed by atoms with Crippen LogP contribution in [0.3, 0.4) is 0 Å². The van der Waals surface area contributed by atoms with E-state index in [9.17, 15) is 4.79 Å². The molecule has 0 heterocycles. The Balaban J connectivity index is 1.57. The number of nitrogens with one attached hydrogen (secondary N) is 1. The van der Waals surface area contributed by atoms with Crippen LogP contribution in [0.2, 0.25) is 0 Å². The Bertz CT molecular complexity index is 727. The maximum Gasteiger partial charge on any atom is 0.220 e. The van der Waals surface area contributed by atoms with Crippen molar-refractivity contribution in [1.29, 1.82) is 0 Å². The summed E-state index contributed by atoms with van der Waals surface area (Å²) in [6.45, 7) is 0. The van der Waals surface area contributed by atoms with Gasteiger partial charge in [-0.3, -0.25) is 4.79 Å². The van der Waals surface area contributed by atoms with E-state index in [0.29, 0.717) is 24.3 Å². The molecule has 1 amide bonds. The highest BCUT2D eigenvalue weighted by Gasteiger charge is 2.23. The van der Waals surface area contributed by atoms with E-state index >= 15 is 0 Å². The number of amides is 1. The molecule has 0 saturated carbocycles. The average molecular weight is 325 g/mol. The number of fused-ring (bicyclic) bond motifs is 1. The van der Waals surface area contributed by atoms with Gasteiger partial charge in [0.2, 0.25) is 5.91 Å². The Kier molecular flexibility index (Phi) is 5.04. The van der Waals surface area contributed by atoms with E-state index in [1.807, 2.05) is 24.3 Å². The minimum atomic E-state index is 0.0893. The van der Waals surface area contributed by atoms with E-state index in [1.54, 1.807) is 14.2 Å². The van der Waals surface area contributed by atoms with Gasteiger partial charge in [0.05, 0.1) is 20.3 Å². The highest BCUT2D eigenvalue weighted by molar-refractivity contribution is 5.77. The lowest BCUT2D eigenvalue weighted by molar-refractivity contribution is -0.121. The van der Waals surface area contributed by atoms with Crippen molar-refractivity contribution in [3.8, 4) is 11.5 Å². The SMILES string of the molecule is COc1ccc(CCC(=O)NC2CCc3ccccc32)cc1OC. The summed E-state index contributed by atoms with van der Waals surface area (Å²) in [5, 5.41) is 3.16. The number of carbonyl (C=O) groups excluding carboxylic acids is 1. The van der Waals surface area contributed by atoms with Gasteiger partial charge in [-0.25, -0.2) is 0 Å². The number of hydrogen-bond donors (Lipinski definition) is 1. The summed E-state index contributed by atoms with van der Waals surface area (Å²) < 4.78 is 10.5. The quantitative estimate of drug-likeness (QED) is 0.885. The van der Waals surface area contributed by atoms with Crippen LogP contribution in [-0.4, -0.2) is 20.1 Å². The predicted molar refractivity (Wildman–Crippen MR) is 93.5 cm³/mol. The predicted octanol–water partition coefficient (Wildman–Crippen LogP) is 3.44. The number of carbonyl (C=O) groups is 1. The second-order valence-corrected chi connectivity index (χ2v) is 6.05. The fourth-order valence-corrected chi connectivity index (χ4v) is 3.27. The van der Waals surface area contributed by atoms with Crippen molar-refractivity contribution in [1.82, 2.24) is 5.32 Å². The molecule has 1 unspecified atom stereocenters. The van der Waals surface area contributed by atoms with Crippen LogP contribution < -0.4 is 14.8 Å². The van der Waals surface area contributed by atoms with Crippen molar-refractivity contribution in [2.75, 3.05) is 14.2 Å². The van der Waals surface area contributed by atoms with Crippen molar-refractivity contribution in [3.05, 3.63) is 59.2 Å². The zero-order valence-corrected chi connectivity index (χ0v) is 14.2. The zero-order valence-electron chi connectivity index (χ0n) is 14.2. The molecule has 4 heteroatoms. The molecule has 126 valence electrons. The topological polar surface area (TPSA) is 47.6 Å². The molecule has 2 aromatic rings. The standard InChI is InChI=1S/C20H23NO3/c1-23-18-11-7-14(13-19(18)24-2)8-12-20(22)21-17-10-9-15-5-3-4-6-16(15)17/h3-7,11,13,17H,8-10,12H2,1-2H3,(H,21,22). The Hall–Kier alpha value is -2.49. The molecule has 0 radical (unpaired) electrons. The minimum Gasteiger partial charge on any atom is -0.493 e. The van der Waals surface area contributed by atoms with Gasteiger partial charge in [0.25, 0.3) is 0 Å². The Morgan fingerprint density at radius 2 is 1.92 bits per heavy atom. The summed E-state index contributed by atoms with van der Waals surface area (Å²) in [6.07, 6.45) is 3.17. The van der Waals surface area contributed by atoms with Crippen LogP contribution in [0.5, 0.6) is 11.5 Å². The van der Waals surface area contributed by atoms with Gasteiger partial charge in [-0.1, -0.05) is 30.3 Å². The van der Waals surface area contributed by atoms with Crippen molar-refractivity contribution >= 4 is 5.91 Å². The number of benzene rings is 2. The maximum atomic E-state index is 12.3. The van der Waals surface area contributed by atoms with Crippen molar-refractivity contribution in [2.24, 2.45) is 0 Å². The monoisotopic (exact) mass is 325 g/mol. The second-order valence-electron chi connectivity index (χ2n) is 6.05. The van der Waals surface area contributed by atoms with Crippen molar-refractivity contribution < 1.29 is 14.3 Å². The van der Waals surface area contributed by atoms with E-state index in [4.69, 9.17) is 9.47 Å². The normalized spacial score (nSPS) is 15.7. The molecule has 24 heavy (non-hydrogen) atoms. The van der Waals surface area contributed by atoms with Crippen LogP contribution in [-0.2, 0) is 17.6 Å². The average Bonchev–Trinajstić information content (AvgIpc) is 3.02. The number of methoxy groups -OCH3 is 2. The largest absolute Gasteiger partial charge is 0.493 e. The molecule has 0 spiro atoms. The molecule has 0 saturated heterocycles. The van der Waals surface area contributed by atoms with Crippen LogP contribution in [0, 0.1) is 0 Å². The van der Waals surface area contributed by atoms with E-state index < -0.39 is 0 Å². The van der Waals surface area contributed by atoms with E-state index in [2.05, 4.69) is 23.5 Å². The number of hydrogen-bond acceptors (Lipinski definition) is 3. The number of rotatable bonds is 6. The van der Waals surface area contributed by atoms with E-state index in [0.717, 1.165) is 18.4 Å². The highest BCUT2D eigenvalue weighted by Crippen LogP contribution is 2.31. The summed E-state index contributed by atoms with van der Waals surface area (Å²) in [6, 6.07) is 14.3. The Morgan fingerprint density at radius 3 is 2.71 bits per heavy atom. The van der Waals surface area contributed by atoms with Crippen molar-refractivity contribution in [3.63, 3.8) is 0 Å². The summed E-state index contributed by atoms with van der Waals surface area (Å²) >= 11 is 0. The molecular formula is C20H23NO3. The van der Waals surface area contributed by atoms with Crippen LogP contribution in [0.4, 0.5) is 0 Å². The molecule has 1 aliphatic rings. The maximum absolute atomic E-state index is 12.3. The lowest BCUT2D eigenvalue weighted by Crippen LogP contribution is -2.27. The first kappa shape index (κ1) is 16.4. The third kappa shape index (κ3) is 3.53. The van der Waals surface area contributed by atoms with Gasteiger partial charge in [0, 0.05) is 6.42 Å². The molecule has 0 aliphatic heterocycles. The van der Waals surface area contributed by atoms with Crippen LogP contribution in [0.25, 0.3) is 0 Å². The minimum absolute atomic E-state index is 0.0893. The molecule has 0 aromatic heterocycles. The highest BCUT2D eigenvalue weighted by atomic mass is 16.5. The lowest BCUT2D eigenvalue weighted by Gasteiger charge is -2.14. The van der Waals surface area contributed by atoms with E-state index in [1.165, 1.54) is 11.1 Å². The van der Waals surface area contributed by atoms with Gasteiger partial charge in [-0.2, -0.15) is 0 Å². The van der Waals surface area contributed by atoms with Gasteiger partial charge >= 0.3 is 0 Å². The van der Waals surface area contributed by atoms with Crippen LogP contribution in [0.1, 0.15) is 35.6 Å². The fraction of sp³-hybridized carbons (Fsp3) is 0.350. The molecule has 1 atom stereocenters. The summed E-state index contributed by atoms with van der Waals surface area (Å²) in [7, 11) is 3.23. The number of aryl methyl sites for hydroxylation is 2. The van der Waals surface area contributed by atoms with Gasteiger partial charge in [-0.15, -0.1) is 0 Å². The third-order valence-electron chi connectivity index (χ3n) is 4.56. The molecule has 0 bridgehead atoms. The lowest BCUT2D eigenvalue weighted by atomic mass is 10.1. The molecule has 4 nitrogen and oxygen atoms in total. The van der Waals surface area contributed by atoms with Gasteiger partial charge in [-0.05, 0) is 48.1 Å². The molecule has 3 rings (SSSR count). The molecular weight excluding hydrogens is 302 g/mol. The first-order chi connectivity index (χ1) is 11.7.